The van der Waals surface area contributed by atoms with Gasteiger partial charge in [0.25, 0.3) is 5.56 Å². The summed E-state index contributed by atoms with van der Waals surface area (Å²) in [6.45, 7) is 1.98. The van der Waals surface area contributed by atoms with Crippen LogP contribution in [0.3, 0.4) is 0 Å². The Morgan fingerprint density at radius 3 is 2.63 bits per heavy atom. The van der Waals surface area contributed by atoms with Crippen LogP contribution in [-0.2, 0) is 0 Å². The smallest absolute Gasteiger partial charge is 0.251 e. The maximum Gasteiger partial charge on any atom is 0.251 e. The number of hydrogen-bond acceptors (Lipinski definition) is 4. The second-order valence-corrected chi connectivity index (χ2v) is 4.78. The standard InChI is InChI=1S/C14H16N4O/c19-13-9-12(10-1-5-15-6-2-10)17-14(18-13)11-3-7-16-8-4-11/h3-4,7-10,15H,1-2,5-6H2,(H,17,18,19). The zero-order chi connectivity index (χ0) is 13.1. The molecule has 0 radical (unpaired) electrons. The first-order valence-corrected chi connectivity index (χ1v) is 6.55. The van der Waals surface area contributed by atoms with Gasteiger partial charge in [0.1, 0.15) is 5.82 Å². The minimum Gasteiger partial charge on any atom is -0.317 e. The molecule has 1 fully saturated rings. The quantitative estimate of drug-likeness (QED) is 0.849. The minimum atomic E-state index is -0.0876. The summed E-state index contributed by atoms with van der Waals surface area (Å²) in [7, 11) is 0. The van der Waals surface area contributed by atoms with Crippen LogP contribution in [0.25, 0.3) is 11.4 Å². The van der Waals surface area contributed by atoms with E-state index in [1.165, 1.54) is 0 Å². The number of H-pyrrole nitrogens is 1. The zero-order valence-corrected chi connectivity index (χ0v) is 10.6. The monoisotopic (exact) mass is 256 g/mol. The van der Waals surface area contributed by atoms with Crippen molar-refractivity contribution in [2.24, 2.45) is 0 Å². The Bertz CT molecular complexity index is 602. The van der Waals surface area contributed by atoms with Crippen molar-refractivity contribution in [1.29, 1.82) is 0 Å². The molecule has 0 saturated carbocycles. The highest BCUT2D eigenvalue weighted by Crippen LogP contribution is 2.23. The first-order chi connectivity index (χ1) is 9.33. The molecule has 3 rings (SSSR count). The van der Waals surface area contributed by atoms with Gasteiger partial charge < -0.3 is 10.3 Å². The Hall–Kier alpha value is -2.01. The van der Waals surface area contributed by atoms with Crippen molar-refractivity contribution >= 4 is 0 Å². The zero-order valence-electron chi connectivity index (χ0n) is 10.6. The first-order valence-electron chi connectivity index (χ1n) is 6.55. The lowest BCUT2D eigenvalue weighted by Crippen LogP contribution is -2.28. The topological polar surface area (TPSA) is 70.7 Å². The molecule has 2 N–H and O–H groups in total. The maximum atomic E-state index is 11.8. The van der Waals surface area contributed by atoms with Crippen LogP contribution in [0, 0.1) is 0 Å². The molecule has 0 aliphatic carbocycles. The number of rotatable bonds is 2. The molecular formula is C14H16N4O. The molecule has 5 heteroatoms. The van der Waals surface area contributed by atoms with Gasteiger partial charge in [-0.3, -0.25) is 9.78 Å². The summed E-state index contributed by atoms with van der Waals surface area (Å²) in [6, 6.07) is 5.33. The molecule has 1 aliphatic heterocycles. The van der Waals surface area contributed by atoms with E-state index in [-0.39, 0.29) is 5.56 Å². The van der Waals surface area contributed by atoms with Crippen LogP contribution in [0.2, 0.25) is 0 Å². The normalized spacial score (nSPS) is 16.4. The summed E-state index contributed by atoms with van der Waals surface area (Å²) in [5.41, 5.74) is 1.70. The fraction of sp³-hybridized carbons (Fsp3) is 0.357. The van der Waals surface area contributed by atoms with E-state index in [1.54, 1.807) is 18.5 Å². The third kappa shape index (κ3) is 2.71. The molecule has 2 aromatic rings. The average molecular weight is 256 g/mol. The van der Waals surface area contributed by atoms with Gasteiger partial charge in [0.15, 0.2) is 0 Å². The summed E-state index contributed by atoms with van der Waals surface area (Å²) in [4.78, 5) is 23.2. The molecule has 0 spiro atoms. The van der Waals surface area contributed by atoms with Crippen molar-refractivity contribution in [1.82, 2.24) is 20.3 Å². The van der Waals surface area contributed by atoms with Gasteiger partial charge in [0, 0.05) is 29.9 Å². The Kier molecular flexibility index (Phi) is 3.37. The highest BCUT2D eigenvalue weighted by Gasteiger charge is 2.17. The van der Waals surface area contributed by atoms with Crippen LogP contribution < -0.4 is 10.9 Å². The molecule has 3 heterocycles. The number of aromatic amines is 1. The van der Waals surface area contributed by atoms with Crippen molar-refractivity contribution in [2.45, 2.75) is 18.8 Å². The van der Waals surface area contributed by atoms with Crippen LogP contribution in [0.15, 0.2) is 35.4 Å². The number of aromatic nitrogens is 3. The molecule has 0 atom stereocenters. The lowest BCUT2D eigenvalue weighted by atomic mass is 9.94. The van der Waals surface area contributed by atoms with E-state index in [0.29, 0.717) is 11.7 Å². The second-order valence-electron chi connectivity index (χ2n) is 4.78. The largest absolute Gasteiger partial charge is 0.317 e. The van der Waals surface area contributed by atoms with Gasteiger partial charge in [-0.1, -0.05) is 0 Å². The highest BCUT2D eigenvalue weighted by molar-refractivity contribution is 5.53. The molecule has 0 bridgehead atoms. The molecule has 0 aromatic carbocycles. The number of pyridine rings is 1. The van der Waals surface area contributed by atoms with E-state index in [0.717, 1.165) is 37.2 Å². The maximum absolute atomic E-state index is 11.8. The van der Waals surface area contributed by atoms with Gasteiger partial charge in [0.05, 0.1) is 5.69 Å². The van der Waals surface area contributed by atoms with Crippen LogP contribution >= 0.6 is 0 Å². The van der Waals surface area contributed by atoms with Crippen molar-refractivity contribution in [3.05, 3.63) is 46.6 Å². The lowest BCUT2D eigenvalue weighted by Gasteiger charge is -2.22. The predicted molar refractivity (Wildman–Crippen MR) is 72.9 cm³/mol. The van der Waals surface area contributed by atoms with Crippen LogP contribution in [-0.4, -0.2) is 28.0 Å². The number of piperidine rings is 1. The van der Waals surface area contributed by atoms with E-state index < -0.39 is 0 Å². The first kappa shape index (κ1) is 12.0. The van der Waals surface area contributed by atoms with Crippen molar-refractivity contribution < 1.29 is 0 Å². The van der Waals surface area contributed by atoms with Gasteiger partial charge in [0.2, 0.25) is 0 Å². The van der Waals surface area contributed by atoms with Crippen LogP contribution in [0.4, 0.5) is 0 Å². The molecule has 1 aliphatic rings. The highest BCUT2D eigenvalue weighted by atomic mass is 16.1. The van der Waals surface area contributed by atoms with Crippen molar-refractivity contribution in [3.8, 4) is 11.4 Å². The third-order valence-electron chi connectivity index (χ3n) is 3.47. The summed E-state index contributed by atoms with van der Waals surface area (Å²) < 4.78 is 0. The molecule has 5 nitrogen and oxygen atoms in total. The number of nitrogens with one attached hydrogen (secondary N) is 2. The SMILES string of the molecule is O=c1cc(C2CCNCC2)nc(-c2ccncc2)[nH]1. The average Bonchev–Trinajstić information content (AvgIpc) is 2.48. The van der Waals surface area contributed by atoms with E-state index in [9.17, 15) is 4.79 Å². The Balaban J connectivity index is 1.98. The fourth-order valence-electron chi connectivity index (χ4n) is 2.45. The molecule has 19 heavy (non-hydrogen) atoms. The molecule has 0 unspecified atom stereocenters. The minimum absolute atomic E-state index is 0.0876. The second kappa shape index (κ2) is 5.32. The fourth-order valence-corrected chi connectivity index (χ4v) is 2.45. The molecule has 98 valence electrons. The van der Waals surface area contributed by atoms with E-state index >= 15 is 0 Å². The molecular weight excluding hydrogens is 240 g/mol. The van der Waals surface area contributed by atoms with Gasteiger partial charge in [-0.2, -0.15) is 0 Å². The van der Waals surface area contributed by atoms with E-state index in [2.05, 4.69) is 20.3 Å². The Morgan fingerprint density at radius 2 is 1.89 bits per heavy atom. The van der Waals surface area contributed by atoms with E-state index in [4.69, 9.17) is 0 Å². The van der Waals surface area contributed by atoms with Gasteiger partial charge in [-0.25, -0.2) is 4.98 Å². The van der Waals surface area contributed by atoms with E-state index in [1.807, 2.05) is 12.1 Å². The van der Waals surface area contributed by atoms with Crippen molar-refractivity contribution in [2.75, 3.05) is 13.1 Å². The Labute approximate surface area is 111 Å². The molecule has 1 saturated heterocycles. The summed E-state index contributed by atoms with van der Waals surface area (Å²) in [6.07, 6.45) is 5.47. The summed E-state index contributed by atoms with van der Waals surface area (Å²) in [5.74, 6) is 1.01. The lowest BCUT2D eigenvalue weighted by molar-refractivity contribution is 0.453. The van der Waals surface area contributed by atoms with Crippen LogP contribution in [0.5, 0.6) is 0 Å². The number of hydrogen-bond donors (Lipinski definition) is 2. The molecule has 0 amide bonds. The van der Waals surface area contributed by atoms with Crippen LogP contribution in [0.1, 0.15) is 24.5 Å². The van der Waals surface area contributed by atoms with Gasteiger partial charge >= 0.3 is 0 Å². The Morgan fingerprint density at radius 1 is 1.16 bits per heavy atom. The summed E-state index contributed by atoms with van der Waals surface area (Å²) in [5, 5.41) is 3.32. The number of nitrogens with zero attached hydrogens (tertiary/aromatic N) is 2. The van der Waals surface area contributed by atoms with Gasteiger partial charge in [-0.15, -0.1) is 0 Å². The van der Waals surface area contributed by atoms with Gasteiger partial charge in [-0.05, 0) is 38.1 Å². The van der Waals surface area contributed by atoms with Crippen molar-refractivity contribution in [3.63, 3.8) is 0 Å². The third-order valence-corrected chi connectivity index (χ3v) is 3.47. The predicted octanol–water partition coefficient (Wildman–Crippen LogP) is 1.30. The molecule has 2 aromatic heterocycles. The summed E-state index contributed by atoms with van der Waals surface area (Å²) >= 11 is 0.